The lowest BCUT2D eigenvalue weighted by atomic mass is 10.3. The molecule has 1 heterocycles. The Labute approximate surface area is 97.7 Å². The van der Waals surface area contributed by atoms with Crippen molar-refractivity contribution in [3.05, 3.63) is 11.9 Å². The van der Waals surface area contributed by atoms with E-state index < -0.39 is 0 Å². The van der Waals surface area contributed by atoms with Gasteiger partial charge in [-0.25, -0.2) is 4.98 Å². The normalized spacial score (nSPS) is 17.8. The number of hydrogen-bond donors (Lipinski definition) is 1. The van der Waals surface area contributed by atoms with Crippen LogP contribution in [0.15, 0.2) is 6.20 Å². The minimum atomic E-state index is 0.456. The molecule has 4 nitrogen and oxygen atoms in total. The van der Waals surface area contributed by atoms with Gasteiger partial charge in [-0.15, -0.1) is 0 Å². The van der Waals surface area contributed by atoms with Crippen LogP contribution in [-0.2, 0) is 0 Å². The molecule has 0 bridgehead atoms. The third-order valence-electron chi connectivity index (χ3n) is 2.87. The Morgan fingerprint density at radius 2 is 2.25 bits per heavy atom. The summed E-state index contributed by atoms with van der Waals surface area (Å²) in [6.45, 7) is 5.32. The number of likely N-dealkylation sites (N-methyl/N-ethyl adjacent to an activating group) is 1. The molecule has 0 amide bonds. The van der Waals surface area contributed by atoms with Gasteiger partial charge in [0, 0.05) is 24.8 Å². The number of hydrogen-bond acceptors (Lipinski definition) is 3. The summed E-state index contributed by atoms with van der Waals surface area (Å²) >= 11 is 0. The molecule has 0 spiro atoms. The third kappa shape index (κ3) is 2.76. The van der Waals surface area contributed by atoms with Crippen LogP contribution >= 0.6 is 0 Å². The number of imidazole rings is 1. The molecule has 1 unspecified atom stereocenters. The highest BCUT2D eigenvalue weighted by Crippen LogP contribution is 2.26. The van der Waals surface area contributed by atoms with E-state index >= 15 is 0 Å². The van der Waals surface area contributed by atoms with E-state index in [-0.39, 0.29) is 0 Å². The average Bonchev–Trinajstić information content (AvgIpc) is 2.88. The SMILES string of the molecule is Cc1cn(C(C)CN(C)C)c(NC2CC2)n1. The number of aryl methyl sites for hydroxylation is 1. The Bertz CT molecular complexity index is 352. The fourth-order valence-electron chi connectivity index (χ4n) is 1.99. The van der Waals surface area contributed by atoms with E-state index in [9.17, 15) is 0 Å². The van der Waals surface area contributed by atoms with Crippen LogP contribution in [0.4, 0.5) is 5.95 Å². The van der Waals surface area contributed by atoms with Crippen molar-refractivity contribution in [2.24, 2.45) is 0 Å². The van der Waals surface area contributed by atoms with E-state index in [1.165, 1.54) is 12.8 Å². The van der Waals surface area contributed by atoms with Crippen LogP contribution < -0.4 is 5.32 Å². The van der Waals surface area contributed by atoms with Gasteiger partial charge in [0.05, 0.1) is 5.69 Å². The van der Waals surface area contributed by atoms with Crippen LogP contribution in [0.25, 0.3) is 0 Å². The van der Waals surface area contributed by atoms with Gasteiger partial charge in [-0.2, -0.15) is 0 Å². The highest BCUT2D eigenvalue weighted by molar-refractivity contribution is 5.32. The van der Waals surface area contributed by atoms with Gasteiger partial charge in [0.15, 0.2) is 0 Å². The van der Waals surface area contributed by atoms with E-state index in [1.807, 2.05) is 0 Å². The van der Waals surface area contributed by atoms with Gasteiger partial charge in [-0.05, 0) is 40.8 Å². The van der Waals surface area contributed by atoms with Crippen molar-refractivity contribution in [1.82, 2.24) is 14.5 Å². The molecule has 0 saturated heterocycles. The Hall–Kier alpha value is -1.03. The summed E-state index contributed by atoms with van der Waals surface area (Å²) in [6.07, 6.45) is 4.71. The maximum Gasteiger partial charge on any atom is 0.203 e. The minimum Gasteiger partial charge on any atom is -0.353 e. The van der Waals surface area contributed by atoms with Gasteiger partial charge in [-0.1, -0.05) is 0 Å². The predicted octanol–water partition coefficient (Wildman–Crippen LogP) is 1.89. The number of aromatic nitrogens is 2. The Balaban J connectivity index is 2.10. The zero-order valence-corrected chi connectivity index (χ0v) is 10.7. The molecule has 90 valence electrons. The standard InChI is InChI=1S/C12H22N4/c1-9-7-16(10(2)8-15(3)4)12(13-9)14-11-5-6-11/h7,10-11H,5-6,8H2,1-4H3,(H,13,14). The quantitative estimate of drug-likeness (QED) is 0.826. The summed E-state index contributed by atoms with van der Waals surface area (Å²) in [5.74, 6) is 1.04. The monoisotopic (exact) mass is 222 g/mol. The summed E-state index contributed by atoms with van der Waals surface area (Å²) in [4.78, 5) is 6.76. The van der Waals surface area contributed by atoms with E-state index in [2.05, 4.69) is 53.9 Å². The first kappa shape index (κ1) is 11.5. The second-order valence-electron chi connectivity index (χ2n) is 5.14. The van der Waals surface area contributed by atoms with Gasteiger partial charge in [0.25, 0.3) is 0 Å². The lowest BCUT2D eigenvalue weighted by Gasteiger charge is -2.20. The molecular formula is C12H22N4. The summed E-state index contributed by atoms with van der Waals surface area (Å²) < 4.78 is 2.26. The van der Waals surface area contributed by atoms with E-state index in [0.717, 1.165) is 18.2 Å². The Morgan fingerprint density at radius 3 is 2.81 bits per heavy atom. The molecule has 4 heteroatoms. The zero-order chi connectivity index (χ0) is 11.7. The molecule has 1 aromatic heterocycles. The fraction of sp³-hybridized carbons (Fsp3) is 0.750. The first-order valence-electron chi connectivity index (χ1n) is 6.03. The molecular weight excluding hydrogens is 200 g/mol. The molecule has 1 N–H and O–H groups in total. The van der Waals surface area contributed by atoms with Gasteiger partial charge in [0.2, 0.25) is 5.95 Å². The fourth-order valence-corrected chi connectivity index (χ4v) is 1.99. The summed E-state index contributed by atoms with van der Waals surface area (Å²) in [5, 5.41) is 3.49. The van der Waals surface area contributed by atoms with E-state index in [4.69, 9.17) is 0 Å². The van der Waals surface area contributed by atoms with Crippen molar-refractivity contribution in [2.45, 2.75) is 38.8 Å². The Morgan fingerprint density at radius 1 is 1.56 bits per heavy atom. The van der Waals surface area contributed by atoms with Crippen molar-refractivity contribution in [1.29, 1.82) is 0 Å². The van der Waals surface area contributed by atoms with Crippen LogP contribution in [0.5, 0.6) is 0 Å². The molecule has 0 aliphatic heterocycles. The maximum absolute atomic E-state index is 4.55. The van der Waals surface area contributed by atoms with Gasteiger partial charge in [0.1, 0.15) is 0 Å². The van der Waals surface area contributed by atoms with Crippen molar-refractivity contribution >= 4 is 5.95 Å². The lowest BCUT2D eigenvalue weighted by molar-refractivity contribution is 0.338. The highest BCUT2D eigenvalue weighted by Gasteiger charge is 2.24. The average molecular weight is 222 g/mol. The first-order valence-corrected chi connectivity index (χ1v) is 6.03. The molecule has 1 aromatic rings. The molecule has 1 atom stereocenters. The molecule has 1 fully saturated rings. The van der Waals surface area contributed by atoms with Crippen molar-refractivity contribution in [3.8, 4) is 0 Å². The van der Waals surface area contributed by atoms with E-state index in [0.29, 0.717) is 12.1 Å². The third-order valence-corrected chi connectivity index (χ3v) is 2.87. The van der Waals surface area contributed by atoms with Crippen molar-refractivity contribution < 1.29 is 0 Å². The highest BCUT2D eigenvalue weighted by atomic mass is 15.2. The zero-order valence-electron chi connectivity index (χ0n) is 10.7. The molecule has 16 heavy (non-hydrogen) atoms. The van der Waals surface area contributed by atoms with Crippen LogP contribution in [-0.4, -0.2) is 41.1 Å². The second-order valence-corrected chi connectivity index (χ2v) is 5.14. The molecule has 0 aromatic carbocycles. The summed E-state index contributed by atoms with van der Waals surface area (Å²) in [6, 6.07) is 1.12. The smallest absolute Gasteiger partial charge is 0.203 e. The minimum absolute atomic E-state index is 0.456. The molecule has 1 aliphatic carbocycles. The Kier molecular flexibility index (Phi) is 3.19. The van der Waals surface area contributed by atoms with Crippen molar-refractivity contribution in [2.75, 3.05) is 26.0 Å². The largest absolute Gasteiger partial charge is 0.353 e. The van der Waals surface area contributed by atoms with Gasteiger partial charge in [-0.3, -0.25) is 0 Å². The number of rotatable bonds is 5. The van der Waals surface area contributed by atoms with Gasteiger partial charge >= 0.3 is 0 Å². The molecule has 1 aliphatic rings. The maximum atomic E-state index is 4.55. The lowest BCUT2D eigenvalue weighted by Crippen LogP contribution is -2.23. The number of anilines is 1. The van der Waals surface area contributed by atoms with Crippen LogP contribution in [0.3, 0.4) is 0 Å². The van der Waals surface area contributed by atoms with Crippen molar-refractivity contribution in [3.63, 3.8) is 0 Å². The van der Waals surface area contributed by atoms with E-state index in [1.54, 1.807) is 0 Å². The first-order chi connectivity index (χ1) is 7.56. The van der Waals surface area contributed by atoms with Gasteiger partial charge < -0.3 is 14.8 Å². The predicted molar refractivity (Wildman–Crippen MR) is 66.9 cm³/mol. The molecule has 1 saturated carbocycles. The van der Waals surface area contributed by atoms with Crippen LogP contribution in [0, 0.1) is 6.92 Å². The second kappa shape index (κ2) is 4.45. The van der Waals surface area contributed by atoms with Crippen LogP contribution in [0.1, 0.15) is 31.5 Å². The molecule has 2 rings (SSSR count). The van der Waals surface area contributed by atoms with Crippen LogP contribution in [0.2, 0.25) is 0 Å². The topological polar surface area (TPSA) is 33.1 Å². The summed E-state index contributed by atoms with van der Waals surface area (Å²) in [7, 11) is 4.21. The molecule has 0 radical (unpaired) electrons. The number of nitrogens with one attached hydrogen (secondary N) is 1. The summed E-state index contributed by atoms with van der Waals surface area (Å²) in [5.41, 5.74) is 1.09. The number of nitrogens with zero attached hydrogens (tertiary/aromatic N) is 3.